The van der Waals surface area contributed by atoms with E-state index in [2.05, 4.69) is 20.1 Å². The van der Waals surface area contributed by atoms with Crippen LogP contribution in [0.4, 0.5) is 11.9 Å². The molecule has 2 N–H and O–H groups in total. The third kappa shape index (κ3) is 4.13. The van der Waals surface area contributed by atoms with Gasteiger partial charge in [0.25, 0.3) is 5.95 Å². The van der Waals surface area contributed by atoms with Crippen LogP contribution >= 0.6 is 11.6 Å². The van der Waals surface area contributed by atoms with E-state index in [4.69, 9.17) is 11.6 Å². The average molecular weight is 430 g/mol. The molecule has 0 saturated heterocycles. The zero-order valence-corrected chi connectivity index (χ0v) is 17.5. The summed E-state index contributed by atoms with van der Waals surface area (Å²) in [5.74, 6) is 0.432. The molecule has 1 aliphatic heterocycles. The summed E-state index contributed by atoms with van der Waals surface area (Å²) in [5.41, 5.74) is 3.99. The largest absolute Gasteiger partial charge is 0.324 e. The minimum Gasteiger partial charge on any atom is -0.324 e. The van der Waals surface area contributed by atoms with Crippen molar-refractivity contribution in [3.05, 3.63) is 76.3 Å². The number of hydrogen-bond acceptors (Lipinski definition) is 5. The number of hydrogen-bond donors (Lipinski definition) is 2. The Morgan fingerprint density at radius 1 is 1.14 bits per heavy atom. The second-order valence-corrected chi connectivity index (χ2v) is 9.22. The topological polar surface area (TPSA) is 88.9 Å². The number of nitrogens with one attached hydrogen (secondary N) is 2. The van der Waals surface area contributed by atoms with Gasteiger partial charge >= 0.3 is 0 Å². The van der Waals surface area contributed by atoms with E-state index < -0.39 is 10.0 Å². The first-order chi connectivity index (χ1) is 13.8. The minimum absolute atomic E-state index is 0.0341. The van der Waals surface area contributed by atoms with Crippen LogP contribution in [0.25, 0.3) is 5.70 Å². The first kappa shape index (κ1) is 19.5. The van der Waals surface area contributed by atoms with Gasteiger partial charge in [-0.25, -0.2) is 17.8 Å². The van der Waals surface area contributed by atoms with Crippen LogP contribution in [0.3, 0.4) is 0 Å². The van der Waals surface area contributed by atoms with Gasteiger partial charge in [0.15, 0.2) is 0 Å². The molecule has 3 aromatic rings. The Kier molecular flexibility index (Phi) is 5.06. The molecule has 0 amide bonds. The Morgan fingerprint density at radius 3 is 2.48 bits per heavy atom. The van der Waals surface area contributed by atoms with Gasteiger partial charge in [-0.3, -0.25) is 0 Å². The predicted octanol–water partition coefficient (Wildman–Crippen LogP) is 4.06. The molecule has 0 fully saturated rings. The van der Waals surface area contributed by atoms with Gasteiger partial charge in [0.1, 0.15) is 6.04 Å². The summed E-state index contributed by atoms with van der Waals surface area (Å²) in [6.45, 7) is 3.59. The lowest BCUT2D eigenvalue weighted by Gasteiger charge is -2.24. The van der Waals surface area contributed by atoms with E-state index in [0.717, 1.165) is 16.8 Å². The van der Waals surface area contributed by atoms with E-state index in [0.29, 0.717) is 11.0 Å². The fourth-order valence-corrected chi connectivity index (χ4v) is 3.68. The molecule has 0 radical (unpaired) electrons. The zero-order chi connectivity index (χ0) is 20.6. The second kappa shape index (κ2) is 7.53. The van der Waals surface area contributed by atoms with E-state index in [9.17, 15) is 8.42 Å². The molecule has 1 atom stereocenters. The summed E-state index contributed by atoms with van der Waals surface area (Å²) in [5, 5.41) is 8.28. The number of halogens is 1. The summed E-state index contributed by atoms with van der Waals surface area (Å²) in [4.78, 5) is 4.35. The van der Waals surface area contributed by atoms with Gasteiger partial charge in [-0.1, -0.05) is 53.6 Å². The van der Waals surface area contributed by atoms with E-state index in [1.54, 1.807) is 11.6 Å². The fourth-order valence-electron chi connectivity index (χ4n) is 3.05. The number of anilines is 2. The van der Waals surface area contributed by atoms with Crippen LogP contribution in [-0.4, -0.2) is 28.9 Å². The SMILES string of the molecule is CCS(=O)(=O)Nc1nc2n(n1)[C@@H](c1ccc(Cl)cc1)C=C(c1ccc(C)cc1)N2. The van der Waals surface area contributed by atoms with Crippen LogP contribution < -0.4 is 10.0 Å². The predicted molar refractivity (Wildman–Crippen MR) is 115 cm³/mol. The molecule has 0 bridgehead atoms. The maximum atomic E-state index is 11.9. The Morgan fingerprint density at radius 2 is 1.83 bits per heavy atom. The van der Waals surface area contributed by atoms with Gasteiger partial charge in [-0.05, 0) is 43.2 Å². The Labute approximate surface area is 174 Å². The second-order valence-electron chi connectivity index (χ2n) is 6.78. The molecule has 1 aliphatic rings. The Hall–Kier alpha value is -2.84. The van der Waals surface area contributed by atoms with Crippen molar-refractivity contribution in [3.63, 3.8) is 0 Å². The van der Waals surface area contributed by atoms with Crippen LogP contribution in [0.1, 0.15) is 29.7 Å². The van der Waals surface area contributed by atoms with Gasteiger partial charge in [-0.2, -0.15) is 4.98 Å². The molecule has 2 aromatic carbocycles. The van der Waals surface area contributed by atoms with Crippen molar-refractivity contribution in [2.45, 2.75) is 19.9 Å². The number of aromatic nitrogens is 3. The molecule has 9 heteroatoms. The molecule has 4 rings (SSSR count). The van der Waals surface area contributed by atoms with Crippen molar-refractivity contribution >= 4 is 39.2 Å². The number of allylic oxidation sites excluding steroid dienone is 1. The average Bonchev–Trinajstić information content (AvgIpc) is 3.10. The molecule has 29 heavy (non-hydrogen) atoms. The monoisotopic (exact) mass is 429 g/mol. The van der Waals surface area contributed by atoms with Crippen molar-refractivity contribution in [1.82, 2.24) is 14.8 Å². The van der Waals surface area contributed by atoms with Gasteiger partial charge in [-0.15, -0.1) is 5.10 Å². The summed E-state index contributed by atoms with van der Waals surface area (Å²) >= 11 is 6.04. The summed E-state index contributed by atoms with van der Waals surface area (Å²) < 4.78 is 28.0. The minimum atomic E-state index is -3.48. The highest BCUT2D eigenvalue weighted by Crippen LogP contribution is 2.33. The molecular weight excluding hydrogens is 410 g/mol. The number of sulfonamides is 1. The quantitative estimate of drug-likeness (QED) is 0.638. The van der Waals surface area contributed by atoms with Crippen LogP contribution in [0, 0.1) is 6.92 Å². The molecule has 2 heterocycles. The molecule has 0 aliphatic carbocycles. The molecule has 1 aromatic heterocycles. The first-order valence-electron chi connectivity index (χ1n) is 9.13. The lowest BCUT2D eigenvalue weighted by Crippen LogP contribution is -2.20. The van der Waals surface area contributed by atoms with Crippen LogP contribution in [0.15, 0.2) is 54.6 Å². The van der Waals surface area contributed by atoms with Crippen molar-refractivity contribution in [2.24, 2.45) is 0 Å². The molecule has 7 nitrogen and oxygen atoms in total. The normalized spacial score (nSPS) is 16.0. The molecule has 0 spiro atoms. The molecule has 150 valence electrons. The van der Waals surface area contributed by atoms with Crippen molar-refractivity contribution in [1.29, 1.82) is 0 Å². The van der Waals surface area contributed by atoms with Gasteiger partial charge in [0.2, 0.25) is 16.0 Å². The van der Waals surface area contributed by atoms with Crippen molar-refractivity contribution < 1.29 is 8.42 Å². The lowest BCUT2D eigenvalue weighted by molar-refractivity contribution is 0.599. The van der Waals surface area contributed by atoms with Crippen LogP contribution in [-0.2, 0) is 10.0 Å². The van der Waals surface area contributed by atoms with Gasteiger partial charge < -0.3 is 5.32 Å². The third-order valence-corrected chi connectivity index (χ3v) is 6.17. The smallest absolute Gasteiger partial charge is 0.257 e. The lowest BCUT2D eigenvalue weighted by atomic mass is 10.0. The molecule has 0 unspecified atom stereocenters. The number of benzene rings is 2. The van der Waals surface area contributed by atoms with E-state index in [-0.39, 0.29) is 17.7 Å². The number of rotatable bonds is 5. The van der Waals surface area contributed by atoms with Gasteiger partial charge in [0.05, 0.1) is 5.75 Å². The fraction of sp³-hybridized carbons (Fsp3) is 0.200. The van der Waals surface area contributed by atoms with Crippen LogP contribution in [0.2, 0.25) is 5.02 Å². The maximum Gasteiger partial charge on any atom is 0.257 e. The Balaban J connectivity index is 1.78. The summed E-state index contributed by atoms with van der Waals surface area (Å²) in [6.07, 6.45) is 2.04. The highest BCUT2D eigenvalue weighted by molar-refractivity contribution is 7.92. The highest BCUT2D eigenvalue weighted by atomic mass is 35.5. The van der Waals surface area contributed by atoms with Crippen molar-refractivity contribution in [2.75, 3.05) is 15.8 Å². The van der Waals surface area contributed by atoms with E-state index in [1.165, 1.54) is 5.56 Å². The highest BCUT2D eigenvalue weighted by Gasteiger charge is 2.26. The summed E-state index contributed by atoms with van der Waals surface area (Å²) in [6, 6.07) is 15.3. The van der Waals surface area contributed by atoms with Crippen LogP contribution in [0.5, 0.6) is 0 Å². The summed E-state index contributed by atoms with van der Waals surface area (Å²) in [7, 11) is -3.48. The Bertz CT molecular complexity index is 1170. The van der Waals surface area contributed by atoms with E-state index >= 15 is 0 Å². The van der Waals surface area contributed by atoms with Crippen molar-refractivity contribution in [3.8, 4) is 0 Å². The number of nitrogens with zero attached hydrogens (tertiary/aromatic N) is 3. The number of fused-ring (bicyclic) bond motifs is 1. The number of aryl methyl sites for hydroxylation is 1. The zero-order valence-electron chi connectivity index (χ0n) is 15.9. The third-order valence-electron chi connectivity index (χ3n) is 4.67. The maximum absolute atomic E-state index is 11.9. The van der Waals surface area contributed by atoms with E-state index in [1.807, 2.05) is 61.5 Å². The van der Waals surface area contributed by atoms with Gasteiger partial charge in [0, 0.05) is 10.7 Å². The first-order valence-corrected chi connectivity index (χ1v) is 11.2. The molecular formula is C20H20ClN5O2S. The standard InChI is InChI=1S/C20H20ClN5O2S/c1-3-29(27,28)25-19-23-20-22-17(14-6-4-13(2)5-7-14)12-18(26(20)24-19)15-8-10-16(21)11-9-15/h4-12,18H,3H2,1-2H3,(H2,22,23,24,25)/t18-/m1/s1. The molecule has 0 saturated carbocycles.